The van der Waals surface area contributed by atoms with Crippen LogP contribution in [0.2, 0.25) is 0 Å². The molecular weight excluding hydrogens is 398 g/mol. The Labute approximate surface area is 203 Å². The van der Waals surface area contributed by atoms with Gasteiger partial charge in [0.15, 0.2) is 0 Å². The second-order valence-corrected chi connectivity index (χ2v) is 10.5. The summed E-state index contributed by atoms with van der Waals surface area (Å²) in [5.41, 5.74) is 4.66. The fourth-order valence-electron chi connectivity index (χ4n) is 6.09. The van der Waals surface area contributed by atoms with Crippen LogP contribution in [0.25, 0.3) is 0 Å². The molecule has 0 amide bonds. The largest absolute Gasteiger partial charge is 0.193 e. The van der Waals surface area contributed by atoms with Crippen molar-refractivity contribution in [1.82, 2.24) is 0 Å². The first kappa shape index (κ1) is 25.6. The lowest BCUT2D eigenvalue weighted by atomic mass is 9.69. The van der Waals surface area contributed by atoms with Gasteiger partial charge < -0.3 is 0 Å². The Morgan fingerprint density at radius 3 is 2.24 bits per heavy atom. The third kappa shape index (κ3) is 8.33. The van der Waals surface area contributed by atoms with E-state index in [1.807, 2.05) is 18.2 Å². The number of nitriles is 1. The lowest BCUT2D eigenvalue weighted by Crippen LogP contribution is -2.22. The predicted molar refractivity (Wildman–Crippen MR) is 142 cm³/mol. The average molecular weight is 444 g/mol. The highest BCUT2D eigenvalue weighted by Gasteiger charge is 2.29. The topological polar surface area (TPSA) is 23.8 Å². The maximum absolute atomic E-state index is 8.52. The quantitative estimate of drug-likeness (QED) is 0.144. The summed E-state index contributed by atoms with van der Waals surface area (Å²) in [4.78, 5) is 0. The van der Waals surface area contributed by atoms with Gasteiger partial charge in [0.2, 0.25) is 0 Å². The maximum atomic E-state index is 8.52. The summed E-state index contributed by atoms with van der Waals surface area (Å²) < 4.78 is 0. The minimum atomic E-state index is 0.755. The Morgan fingerprint density at radius 1 is 0.939 bits per heavy atom. The van der Waals surface area contributed by atoms with Crippen LogP contribution < -0.4 is 0 Å². The molecule has 1 nitrogen and oxygen atoms in total. The third-order valence-corrected chi connectivity index (χ3v) is 8.30. The molecule has 2 saturated carbocycles. The smallest absolute Gasteiger partial charge is 0.0912 e. The molecule has 178 valence electrons. The van der Waals surface area contributed by atoms with E-state index >= 15 is 0 Å². The fraction of sp³-hybridized carbons (Fsp3) is 0.594. The van der Waals surface area contributed by atoms with E-state index in [2.05, 4.69) is 43.8 Å². The average Bonchev–Trinajstić information content (AvgIpc) is 2.87. The van der Waals surface area contributed by atoms with Gasteiger partial charge in [0.1, 0.15) is 0 Å². The van der Waals surface area contributed by atoms with Crippen molar-refractivity contribution in [2.45, 2.75) is 103 Å². The molecule has 1 aromatic rings. The molecule has 0 aliphatic heterocycles. The number of allylic oxidation sites excluding steroid dienone is 5. The van der Waals surface area contributed by atoms with Crippen molar-refractivity contribution in [3.05, 3.63) is 71.8 Å². The summed E-state index contributed by atoms with van der Waals surface area (Å²) in [6, 6.07) is 11.6. The lowest BCUT2D eigenvalue weighted by molar-refractivity contribution is 0.260. The first-order chi connectivity index (χ1) is 16.2. The van der Waals surface area contributed by atoms with E-state index < -0.39 is 0 Å². The van der Waals surface area contributed by atoms with Gasteiger partial charge in [-0.15, -0.1) is 0 Å². The number of rotatable bonds is 11. The molecule has 0 atom stereocenters. The van der Waals surface area contributed by atoms with E-state index in [9.17, 15) is 0 Å². The zero-order valence-corrected chi connectivity index (χ0v) is 21.0. The van der Waals surface area contributed by atoms with Crippen LogP contribution in [0.1, 0.15) is 107 Å². The van der Waals surface area contributed by atoms with Gasteiger partial charge in [0, 0.05) is 6.08 Å². The summed E-state index contributed by atoms with van der Waals surface area (Å²) in [5, 5.41) is 8.52. The summed E-state index contributed by atoms with van der Waals surface area (Å²) in [6.45, 7) is 6.91. The predicted octanol–water partition coefficient (Wildman–Crippen LogP) is 9.47. The Kier molecular flexibility index (Phi) is 11.0. The summed E-state index contributed by atoms with van der Waals surface area (Å²) in [7, 11) is 0. The van der Waals surface area contributed by atoms with Crippen molar-refractivity contribution in [3.63, 3.8) is 0 Å². The van der Waals surface area contributed by atoms with Crippen LogP contribution in [0.5, 0.6) is 0 Å². The summed E-state index contributed by atoms with van der Waals surface area (Å²) in [6.07, 6.45) is 26.0. The lowest BCUT2D eigenvalue weighted by Gasteiger charge is -2.36. The van der Waals surface area contributed by atoms with Crippen LogP contribution in [-0.4, -0.2) is 0 Å². The number of benzene rings is 1. The SMILES string of the molecule is C=C(C1CCC(CC/C=C/C=C/C#N)CC1)C1CCC(c2ccc(CCCCC)cc2)CC1. The second kappa shape index (κ2) is 14.2. The molecule has 1 aromatic carbocycles. The highest BCUT2D eigenvalue weighted by atomic mass is 14.3. The normalized spacial score (nSPS) is 25.9. The number of nitrogens with zero attached hydrogens (tertiary/aromatic N) is 1. The van der Waals surface area contributed by atoms with Gasteiger partial charge in [-0.25, -0.2) is 0 Å². The third-order valence-electron chi connectivity index (χ3n) is 8.30. The zero-order chi connectivity index (χ0) is 23.3. The number of hydrogen-bond donors (Lipinski definition) is 0. The molecule has 2 fully saturated rings. The monoisotopic (exact) mass is 443 g/mol. The minimum absolute atomic E-state index is 0.755. The molecule has 0 heterocycles. The van der Waals surface area contributed by atoms with Crippen molar-refractivity contribution in [1.29, 1.82) is 5.26 Å². The van der Waals surface area contributed by atoms with E-state index in [-0.39, 0.29) is 0 Å². The number of unbranched alkanes of at least 4 members (excludes halogenated alkanes) is 2. The molecule has 3 rings (SSSR count). The van der Waals surface area contributed by atoms with E-state index in [0.29, 0.717) is 0 Å². The Bertz CT molecular complexity index is 790. The first-order valence-corrected chi connectivity index (χ1v) is 13.7. The molecule has 33 heavy (non-hydrogen) atoms. The maximum Gasteiger partial charge on any atom is 0.0912 e. The Balaban J connectivity index is 1.36. The van der Waals surface area contributed by atoms with Gasteiger partial charge >= 0.3 is 0 Å². The molecule has 0 radical (unpaired) electrons. The van der Waals surface area contributed by atoms with Gasteiger partial charge in [-0.05, 0) is 112 Å². The van der Waals surface area contributed by atoms with Crippen molar-refractivity contribution < 1.29 is 0 Å². The summed E-state index contributed by atoms with van der Waals surface area (Å²) in [5.74, 6) is 3.15. The van der Waals surface area contributed by atoms with Gasteiger partial charge in [0.25, 0.3) is 0 Å². The van der Waals surface area contributed by atoms with Crippen molar-refractivity contribution in [2.24, 2.45) is 17.8 Å². The number of aryl methyl sites for hydroxylation is 1. The molecule has 0 bridgehead atoms. The molecule has 2 aliphatic rings. The highest BCUT2D eigenvalue weighted by Crippen LogP contribution is 2.44. The van der Waals surface area contributed by atoms with Crippen molar-refractivity contribution >= 4 is 0 Å². The zero-order valence-electron chi connectivity index (χ0n) is 21.0. The molecular formula is C32H45N. The van der Waals surface area contributed by atoms with Crippen molar-refractivity contribution in [3.8, 4) is 6.07 Å². The van der Waals surface area contributed by atoms with Crippen LogP contribution in [0.4, 0.5) is 0 Å². The second-order valence-electron chi connectivity index (χ2n) is 10.5. The fourth-order valence-corrected chi connectivity index (χ4v) is 6.09. The van der Waals surface area contributed by atoms with E-state index in [4.69, 9.17) is 5.26 Å². The number of hydrogen-bond acceptors (Lipinski definition) is 1. The van der Waals surface area contributed by atoms with Crippen molar-refractivity contribution in [2.75, 3.05) is 0 Å². The van der Waals surface area contributed by atoms with E-state index in [1.165, 1.54) is 95.1 Å². The van der Waals surface area contributed by atoms with Crippen LogP contribution in [-0.2, 0) is 6.42 Å². The minimum Gasteiger partial charge on any atom is -0.193 e. The van der Waals surface area contributed by atoms with E-state index in [0.717, 1.165) is 30.1 Å². The first-order valence-electron chi connectivity index (χ1n) is 13.7. The molecule has 0 N–H and O–H groups in total. The molecule has 1 heteroatoms. The van der Waals surface area contributed by atoms with Gasteiger partial charge in [-0.3, -0.25) is 0 Å². The van der Waals surface area contributed by atoms with Crippen LogP contribution in [0, 0.1) is 29.1 Å². The molecule has 0 spiro atoms. The van der Waals surface area contributed by atoms with Gasteiger partial charge in [0.05, 0.1) is 6.07 Å². The molecule has 2 aliphatic carbocycles. The van der Waals surface area contributed by atoms with Gasteiger partial charge in [-0.1, -0.05) is 74.4 Å². The van der Waals surface area contributed by atoms with Gasteiger partial charge in [-0.2, -0.15) is 5.26 Å². The standard InChI is InChI=1S/C32H45N/c1-3-4-8-11-27-15-19-31(20-16-27)32-23-21-30(22-24-32)26(2)29-17-13-28(14-18-29)12-9-6-5-7-10-25-33/h5-7,10,15-16,19-20,28-30,32H,2-4,8-9,11-14,17-18,21-24H2,1H3/b6-5+,10-7+. The summed E-state index contributed by atoms with van der Waals surface area (Å²) >= 11 is 0. The van der Waals surface area contributed by atoms with Crippen LogP contribution >= 0.6 is 0 Å². The molecule has 0 aromatic heterocycles. The Morgan fingerprint density at radius 2 is 1.61 bits per heavy atom. The molecule has 0 saturated heterocycles. The van der Waals surface area contributed by atoms with Crippen LogP contribution in [0.3, 0.4) is 0 Å². The molecule has 0 unspecified atom stereocenters. The van der Waals surface area contributed by atoms with E-state index in [1.54, 1.807) is 11.1 Å². The highest BCUT2D eigenvalue weighted by molar-refractivity contribution is 5.26. The Hall–Kier alpha value is -2.07. The van der Waals surface area contributed by atoms with Crippen LogP contribution in [0.15, 0.2) is 60.7 Å².